The molecule has 1 aromatic rings. The summed E-state index contributed by atoms with van der Waals surface area (Å²) in [5, 5.41) is 3.32. The first kappa shape index (κ1) is 8.53. The molecule has 1 N–H and O–H groups in total. The fourth-order valence-electron chi connectivity index (χ4n) is 2.17. The van der Waals surface area contributed by atoms with E-state index < -0.39 is 0 Å². The third kappa shape index (κ3) is 1.23. The molecule has 1 atom stereocenters. The number of rotatable bonds is 0. The van der Waals surface area contributed by atoms with Crippen molar-refractivity contribution in [2.45, 2.75) is 12.5 Å². The molecular formula is C12H12N2O. The van der Waals surface area contributed by atoms with Gasteiger partial charge in [-0.2, -0.15) is 0 Å². The first-order valence-corrected chi connectivity index (χ1v) is 5.18. The van der Waals surface area contributed by atoms with Crippen LogP contribution in [-0.4, -0.2) is 23.4 Å². The van der Waals surface area contributed by atoms with E-state index in [-0.39, 0.29) is 11.9 Å². The minimum atomic E-state index is 0.106. The number of para-hydroxylation sites is 1. The van der Waals surface area contributed by atoms with Crippen LogP contribution in [0.2, 0.25) is 0 Å². The lowest BCUT2D eigenvalue weighted by atomic mass is 10.1. The van der Waals surface area contributed by atoms with E-state index in [2.05, 4.69) is 11.4 Å². The largest absolute Gasteiger partial charge is 0.382 e. The van der Waals surface area contributed by atoms with E-state index in [1.54, 1.807) is 0 Å². The Morgan fingerprint density at radius 3 is 3.13 bits per heavy atom. The van der Waals surface area contributed by atoms with Crippen LogP contribution in [0.4, 0.5) is 5.69 Å². The molecular weight excluding hydrogens is 188 g/mol. The number of anilines is 1. The standard InChI is InChI=1S/C12H12N2O/c15-12-10-5-1-2-6-11(10)13-8-9-4-3-7-14(9)12/h1-3,5-7,9,13H,4,8H2. The maximum Gasteiger partial charge on any atom is 0.260 e. The van der Waals surface area contributed by atoms with E-state index in [0.29, 0.717) is 0 Å². The normalized spacial score (nSPS) is 23.1. The maximum atomic E-state index is 12.2. The average molecular weight is 200 g/mol. The fraction of sp³-hybridized carbons (Fsp3) is 0.250. The van der Waals surface area contributed by atoms with E-state index in [9.17, 15) is 4.79 Å². The molecule has 0 saturated heterocycles. The summed E-state index contributed by atoms with van der Waals surface area (Å²) in [6.45, 7) is 0.829. The number of nitrogens with zero attached hydrogens (tertiary/aromatic N) is 1. The zero-order chi connectivity index (χ0) is 10.3. The Morgan fingerprint density at radius 1 is 1.33 bits per heavy atom. The molecule has 2 aliphatic rings. The first-order chi connectivity index (χ1) is 7.36. The monoisotopic (exact) mass is 200 g/mol. The summed E-state index contributed by atoms with van der Waals surface area (Å²) in [6.07, 6.45) is 4.90. The summed E-state index contributed by atoms with van der Waals surface area (Å²) in [4.78, 5) is 14.0. The van der Waals surface area contributed by atoms with Gasteiger partial charge in [-0.1, -0.05) is 18.2 Å². The molecule has 0 aliphatic carbocycles. The van der Waals surface area contributed by atoms with Gasteiger partial charge in [0.1, 0.15) is 0 Å². The van der Waals surface area contributed by atoms with Crippen LogP contribution in [0, 0.1) is 0 Å². The van der Waals surface area contributed by atoms with Crippen LogP contribution >= 0.6 is 0 Å². The number of hydrogen-bond acceptors (Lipinski definition) is 2. The van der Waals surface area contributed by atoms with Crippen LogP contribution in [0.25, 0.3) is 0 Å². The van der Waals surface area contributed by atoms with Crippen molar-refractivity contribution in [3.05, 3.63) is 42.1 Å². The highest BCUT2D eigenvalue weighted by atomic mass is 16.2. The molecule has 15 heavy (non-hydrogen) atoms. The number of fused-ring (bicyclic) bond motifs is 2. The minimum absolute atomic E-state index is 0.106. The molecule has 0 fully saturated rings. The topological polar surface area (TPSA) is 32.3 Å². The van der Waals surface area contributed by atoms with Gasteiger partial charge in [0.05, 0.1) is 11.6 Å². The fourth-order valence-corrected chi connectivity index (χ4v) is 2.17. The number of carbonyl (C=O) groups is 1. The summed E-state index contributed by atoms with van der Waals surface area (Å²) in [5.74, 6) is 0.106. The SMILES string of the molecule is O=C1c2ccccc2NCC2CC=CN12. The van der Waals surface area contributed by atoms with Gasteiger partial charge in [0, 0.05) is 18.4 Å². The van der Waals surface area contributed by atoms with Gasteiger partial charge in [0.15, 0.2) is 0 Å². The molecule has 1 aromatic carbocycles. The number of hydrogen-bond donors (Lipinski definition) is 1. The van der Waals surface area contributed by atoms with Crippen LogP contribution in [0.1, 0.15) is 16.8 Å². The second-order valence-electron chi connectivity index (χ2n) is 3.91. The van der Waals surface area contributed by atoms with Crippen LogP contribution in [0.3, 0.4) is 0 Å². The van der Waals surface area contributed by atoms with Crippen LogP contribution in [-0.2, 0) is 0 Å². The smallest absolute Gasteiger partial charge is 0.260 e. The molecule has 2 heterocycles. The zero-order valence-electron chi connectivity index (χ0n) is 8.31. The summed E-state index contributed by atoms with van der Waals surface area (Å²) >= 11 is 0. The van der Waals surface area contributed by atoms with Crippen molar-refractivity contribution >= 4 is 11.6 Å². The highest BCUT2D eigenvalue weighted by Crippen LogP contribution is 2.26. The first-order valence-electron chi connectivity index (χ1n) is 5.18. The molecule has 0 aromatic heterocycles. The minimum Gasteiger partial charge on any atom is -0.382 e. The lowest BCUT2D eigenvalue weighted by Crippen LogP contribution is -2.34. The number of carbonyl (C=O) groups excluding carboxylic acids is 1. The van der Waals surface area contributed by atoms with Gasteiger partial charge in [-0.05, 0) is 18.6 Å². The lowest BCUT2D eigenvalue weighted by molar-refractivity contribution is 0.0797. The number of amides is 1. The third-order valence-corrected chi connectivity index (χ3v) is 2.99. The zero-order valence-corrected chi connectivity index (χ0v) is 8.31. The highest BCUT2D eigenvalue weighted by Gasteiger charge is 2.29. The predicted molar refractivity (Wildman–Crippen MR) is 58.6 cm³/mol. The molecule has 0 saturated carbocycles. The number of nitrogens with one attached hydrogen (secondary N) is 1. The van der Waals surface area contributed by atoms with Gasteiger partial charge in [-0.15, -0.1) is 0 Å². The highest BCUT2D eigenvalue weighted by molar-refractivity contribution is 6.01. The molecule has 0 spiro atoms. The van der Waals surface area contributed by atoms with E-state index in [1.165, 1.54) is 0 Å². The summed E-state index contributed by atoms with van der Waals surface area (Å²) in [6, 6.07) is 7.97. The van der Waals surface area contributed by atoms with E-state index in [0.717, 1.165) is 24.2 Å². The van der Waals surface area contributed by atoms with Crippen molar-refractivity contribution in [3.63, 3.8) is 0 Å². The lowest BCUT2D eigenvalue weighted by Gasteiger charge is -2.20. The Labute approximate surface area is 88.4 Å². The Balaban J connectivity index is 2.08. The van der Waals surface area contributed by atoms with Crippen molar-refractivity contribution in [1.29, 1.82) is 0 Å². The maximum absolute atomic E-state index is 12.2. The van der Waals surface area contributed by atoms with Gasteiger partial charge >= 0.3 is 0 Å². The molecule has 0 bridgehead atoms. The second kappa shape index (κ2) is 3.12. The molecule has 2 aliphatic heterocycles. The molecule has 3 heteroatoms. The molecule has 3 rings (SSSR count). The quantitative estimate of drug-likeness (QED) is 0.693. The van der Waals surface area contributed by atoms with Crippen molar-refractivity contribution in [2.75, 3.05) is 11.9 Å². The van der Waals surface area contributed by atoms with Crippen molar-refractivity contribution < 1.29 is 4.79 Å². The van der Waals surface area contributed by atoms with Gasteiger partial charge in [-0.3, -0.25) is 4.79 Å². The van der Waals surface area contributed by atoms with Gasteiger partial charge in [0.25, 0.3) is 5.91 Å². The van der Waals surface area contributed by atoms with Gasteiger partial charge in [0.2, 0.25) is 0 Å². The van der Waals surface area contributed by atoms with Crippen LogP contribution < -0.4 is 5.32 Å². The average Bonchev–Trinajstić information content (AvgIpc) is 2.69. The van der Waals surface area contributed by atoms with Crippen molar-refractivity contribution in [1.82, 2.24) is 4.90 Å². The van der Waals surface area contributed by atoms with Crippen molar-refractivity contribution in [2.24, 2.45) is 0 Å². The van der Waals surface area contributed by atoms with Crippen LogP contribution in [0.5, 0.6) is 0 Å². The molecule has 1 unspecified atom stereocenters. The summed E-state index contributed by atoms with van der Waals surface area (Å²) < 4.78 is 0. The van der Waals surface area contributed by atoms with Crippen LogP contribution in [0.15, 0.2) is 36.5 Å². The second-order valence-corrected chi connectivity index (χ2v) is 3.91. The van der Waals surface area contributed by atoms with Crippen molar-refractivity contribution in [3.8, 4) is 0 Å². The van der Waals surface area contributed by atoms with Gasteiger partial charge in [-0.25, -0.2) is 0 Å². The van der Waals surface area contributed by atoms with Gasteiger partial charge < -0.3 is 10.2 Å². The molecule has 76 valence electrons. The number of benzene rings is 1. The summed E-state index contributed by atoms with van der Waals surface area (Å²) in [7, 11) is 0. The third-order valence-electron chi connectivity index (χ3n) is 2.99. The Hall–Kier alpha value is -1.77. The Kier molecular flexibility index (Phi) is 1.78. The van der Waals surface area contributed by atoms with E-state index in [4.69, 9.17) is 0 Å². The molecule has 1 amide bonds. The Bertz CT molecular complexity index is 439. The summed E-state index contributed by atoms with van der Waals surface area (Å²) in [5.41, 5.74) is 1.72. The predicted octanol–water partition coefficient (Wildman–Crippen LogP) is 1.84. The molecule has 0 radical (unpaired) electrons. The molecule has 3 nitrogen and oxygen atoms in total. The van der Waals surface area contributed by atoms with E-state index in [1.807, 2.05) is 35.4 Å². The van der Waals surface area contributed by atoms with E-state index >= 15 is 0 Å². The Morgan fingerprint density at radius 2 is 2.20 bits per heavy atom.